The monoisotopic (exact) mass is 316 g/mol. The van der Waals surface area contributed by atoms with Crippen LogP contribution in [0.4, 0.5) is 0 Å². The SMILES string of the molecule is CCOc1ccccc1C(=O)NN1C(=O)[C@H]2CCCC[C@@H]2C1=O. The second-order valence-electron chi connectivity index (χ2n) is 5.88. The van der Waals surface area contributed by atoms with E-state index in [-0.39, 0.29) is 23.7 Å². The Morgan fingerprint density at radius 3 is 2.39 bits per heavy atom. The third-order valence-electron chi connectivity index (χ3n) is 4.49. The average molecular weight is 316 g/mol. The van der Waals surface area contributed by atoms with Crippen molar-refractivity contribution in [2.24, 2.45) is 11.8 Å². The number of nitrogens with zero attached hydrogens (tertiary/aromatic N) is 1. The van der Waals surface area contributed by atoms with Crippen LogP contribution in [0, 0.1) is 11.8 Å². The Hall–Kier alpha value is -2.37. The number of fused-ring (bicyclic) bond motifs is 1. The number of rotatable bonds is 4. The molecule has 0 aromatic heterocycles. The molecule has 2 atom stereocenters. The fraction of sp³-hybridized carbons (Fsp3) is 0.471. The molecule has 3 rings (SSSR count). The first kappa shape index (κ1) is 15.5. The smallest absolute Gasteiger partial charge is 0.274 e. The summed E-state index contributed by atoms with van der Waals surface area (Å²) < 4.78 is 5.42. The average Bonchev–Trinajstić information content (AvgIpc) is 2.81. The molecule has 3 amide bonds. The number of hydrazine groups is 1. The van der Waals surface area contributed by atoms with Crippen molar-refractivity contribution < 1.29 is 19.1 Å². The summed E-state index contributed by atoms with van der Waals surface area (Å²) in [6.45, 7) is 2.25. The molecule has 1 aromatic rings. The van der Waals surface area contributed by atoms with Crippen LogP contribution in [0.15, 0.2) is 24.3 Å². The normalized spacial score (nSPS) is 23.6. The first-order chi connectivity index (χ1) is 11.1. The van der Waals surface area contributed by atoms with Gasteiger partial charge in [0.1, 0.15) is 5.75 Å². The first-order valence-electron chi connectivity index (χ1n) is 8.04. The maximum atomic E-state index is 12.5. The van der Waals surface area contributed by atoms with Gasteiger partial charge in [0.15, 0.2) is 0 Å². The van der Waals surface area contributed by atoms with Crippen LogP contribution in [-0.4, -0.2) is 29.3 Å². The molecule has 0 bridgehead atoms. The van der Waals surface area contributed by atoms with Gasteiger partial charge < -0.3 is 4.74 Å². The summed E-state index contributed by atoms with van der Waals surface area (Å²) in [7, 11) is 0. The lowest BCUT2D eigenvalue weighted by atomic mass is 9.81. The van der Waals surface area contributed by atoms with Crippen molar-refractivity contribution in [2.45, 2.75) is 32.6 Å². The lowest BCUT2D eigenvalue weighted by Gasteiger charge is -2.19. The minimum absolute atomic E-state index is 0.279. The van der Waals surface area contributed by atoms with E-state index in [1.54, 1.807) is 24.3 Å². The van der Waals surface area contributed by atoms with Crippen LogP contribution >= 0.6 is 0 Å². The number of benzene rings is 1. The molecule has 0 spiro atoms. The number of nitrogens with one attached hydrogen (secondary N) is 1. The van der Waals surface area contributed by atoms with Crippen LogP contribution in [0.2, 0.25) is 0 Å². The Kier molecular flexibility index (Phi) is 4.32. The third-order valence-corrected chi connectivity index (χ3v) is 4.49. The van der Waals surface area contributed by atoms with E-state index in [2.05, 4.69) is 5.43 Å². The van der Waals surface area contributed by atoms with Crippen molar-refractivity contribution in [3.8, 4) is 5.75 Å². The van der Waals surface area contributed by atoms with Gasteiger partial charge in [-0.1, -0.05) is 25.0 Å². The highest BCUT2D eigenvalue weighted by Gasteiger charge is 2.49. The number of ether oxygens (including phenoxy) is 1. The standard InChI is InChI=1S/C17H20N2O4/c1-2-23-14-10-6-5-9-13(14)15(20)18-19-16(21)11-7-3-4-8-12(11)17(19)22/h5-6,9-12H,2-4,7-8H2,1H3,(H,18,20)/t11-,12-/m0/s1. The zero-order valence-electron chi connectivity index (χ0n) is 13.1. The van der Waals surface area contributed by atoms with E-state index in [4.69, 9.17) is 4.74 Å². The van der Waals surface area contributed by atoms with E-state index < -0.39 is 5.91 Å². The molecule has 23 heavy (non-hydrogen) atoms. The molecule has 122 valence electrons. The Bertz CT molecular complexity index is 619. The van der Waals surface area contributed by atoms with Crippen LogP contribution in [0.25, 0.3) is 0 Å². The Labute approximate surface area is 134 Å². The lowest BCUT2D eigenvalue weighted by Crippen LogP contribution is -2.46. The highest BCUT2D eigenvalue weighted by Crippen LogP contribution is 2.37. The van der Waals surface area contributed by atoms with Gasteiger partial charge in [0.2, 0.25) is 0 Å². The number of carbonyl (C=O) groups excluding carboxylic acids is 3. The van der Waals surface area contributed by atoms with Gasteiger partial charge in [0.25, 0.3) is 17.7 Å². The second kappa shape index (κ2) is 6.40. The molecule has 6 heteroatoms. The van der Waals surface area contributed by atoms with Gasteiger partial charge in [-0.3, -0.25) is 19.8 Å². The van der Waals surface area contributed by atoms with Gasteiger partial charge in [0.05, 0.1) is 24.0 Å². The second-order valence-corrected chi connectivity index (χ2v) is 5.88. The molecule has 0 unspecified atom stereocenters. The third kappa shape index (κ3) is 2.81. The summed E-state index contributed by atoms with van der Waals surface area (Å²) in [4.78, 5) is 37.2. The Morgan fingerprint density at radius 2 is 1.78 bits per heavy atom. The summed E-state index contributed by atoms with van der Waals surface area (Å²) in [5, 5.41) is 0.908. The molecular weight excluding hydrogens is 296 g/mol. The van der Waals surface area contributed by atoms with E-state index in [0.717, 1.165) is 30.7 Å². The highest BCUT2D eigenvalue weighted by atomic mass is 16.5. The molecule has 1 saturated heterocycles. The highest BCUT2D eigenvalue weighted by molar-refractivity contribution is 6.08. The van der Waals surface area contributed by atoms with Crippen molar-refractivity contribution in [3.05, 3.63) is 29.8 Å². The number of imide groups is 1. The van der Waals surface area contributed by atoms with E-state index >= 15 is 0 Å². The minimum atomic E-state index is -0.505. The van der Waals surface area contributed by atoms with Gasteiger partial charge in [-0.2, -0.15) is 5.01 Å². The molecule has 1 heterocycles. The molecule has 6 nitrogen and oxygen atoms in total. The van der Waals surface area contributed by atoms with Crippen molar-refractivity contribution in [1.82, 2.24) is 10.4 Å². The molecule has 1 N–H and O–H groups in total. The summed E-state index contributed by atoms with van der Waals surface area (Å²) in [6.07, 6.45) is 3.35. The first-order valence-corrected chi connectivity index (χ1v) is 8.04. The number of hydrogen-bond acceptors (Lipinski definition) is 4. The van der Waals surface area contributed by atoms with Crippen LogP contribution < -0.4 is 10.2 Å². The number of hydrogen-bond donors (Lipinski definition) is 1. The number of carbonyl (C=O) groups is 3. The summed E-state index contributed by atoms with van der Waals surface area (Å²) >= 11 is 0. The number of para-hydroxylation sites is 1. The molecule has 1 saturated carbocycles. The largest absolute Gasteiger partial charge is 0.493 e. The predicted molar refractivity (Wildman–Crippen MR) is 82.4 cm³/mol. The molecular formula is C17H20N2O4. The van der Waals surface area contributed by atoms with E-state index in [1.165, 1.54) is 0 Å². The van der Waals surface area contributed by atoms with Crippen LogP contribution in [0.5, 0.6) is 5.75 Å². The predicted octanol–water partition coefficient (Wildman–Crippen LogP) is 1.91. The van der Waals surface area contributed by atoms with Gasteiger partial charge >= 0.3 is 0 Å². The van der Waals surface area contributed by atoms with Gasteiger partial charge in [0, 0.05) is 0 Å². The molecule has 1 aliphatic carbocycles. The zero-order chi connectivity index (χ0) is 16.4. The fourth-order valence-electron chi connectivity index (χ4n) is 3.37. The quantitative estimate of drug-likeness (QED) is 0.861. The molecule has 0 radical (unpaired) electrons. The number of amides is 3. The van der Waals surface area contributed by atoms with Crippen molar-refractivity contribution in [2.75, 3.05) is 6.61 Å². The summed E-state index contributed by atoms with van der Waals surface area (Å²) in [6, 6.07) is 6.78. The summed E-state index contributed by atoms with van der Waals surface area (Å²) in [5.74, 6) is -1.21. The van der Waals surface area contributed by atoms with Gasteiger partial charge in [-0.15, -0.1) is 0 Å². The molecule has 1 aromatic carbocycles. The molecule has 1 aliphatic heterocycles. The summed E-state index contributed by atoms with van der Waals surface area (Å²) in [5.41, 5.74) is 2.78. The topological polar surface area (TPSA) is 75.7 Å². The van der Waals surface area contributed by atoms with Crippen LogP contribution in [-0.2, 0) is 9.59 Å². The van der Waals surface area contributed by atoms with E-state index in [1.807, 2.05) is 6.92 Å². The van der Waals surface area contributed by atoms with Gasteiger partial charge in [-0.05, 0) is 31.9 Å². The van der Waals surface area contributed by atoms with E-state index in [9.17, 15) is 14.4 Å². The molecule has 2 aliphatic rings. The molecule has 2 fully saturated rings. The maximum absolute atomic E-state index is 12.5. The Balaban J connectivity index is 1.78. The zero-order valence-corrected chi connectivity index (χ0v) is 13.1. The van der Waals surface area contributed by atoms with Crippen LogP contribution in [0.3, 0.4) is 0 Å². The van der Waals surface area contributed by atoms with Gasteiger partial charge in [-0.25, -0.2) is 0 Å². The minimum Gasteiger partial charge on any atom is -0.493 e. The van der Waals surface area contributed by atoms with Crippen molar-refractivity contribution >= 4 is 17.7 Å². The Morgan fingerprint density at radius 1 is 1.17 bits per heavy atom. The van der Waals surface area contributed by atoms with Crippen molar-refractivity contribution in [3.63, 3.8) is 0 Å². The lowest BCUT2D eigenvalue weighted by molar-refractivity contribution is -0.142. The van der Waals surface area contributed by atoms with Crippen molar-refractivity contribution in [1.29, 1.82) is 0 Å². The maximum Gasteiger partial charge on any atom is 0.274 e. The van der Waals surface area contributed by atoms with Crippen LogP contribution in [0.1, 0.15) is 43.0 Å². The fourth-order valence-corrected chi connectivity index (χ4v) is 3.37. The van der Waals surface area contributed by atoms with E-state index in [0.29, 0.717) is 17.9 Å².